The topological polar surface area (TPSA) is 32.7 Å². The van der Waals surface area contributed by atoms with E-state index in [0.29, 0.717) is 5.75 Å². The number of aliphatic imine (C=N–C) groups is 1. The van der Waals surface area contributed by atoms with Crippen LogP contribution in [0.5, 0.6) is 0 Å². The summed E-state index contributed by atoms with van der Waals surface area (Å²) in [7, 11) is 0. The smallest absolute Gasteiger partial charge is 0.239 e. The molecule has 4 heteroatoms. The molecule has 0 aromatic heterocycles. The van der Waals surface area contributed by atoms with Gasteiger partial charge in [-0.05, 0) is 40.3 Å². The Bertz CT molecular complexity index is 1200. The maximum absolute atomic E-state index is 12.9. The molecule has 3 aromatic carbocycles. The Morgan fingerprint density at radius 2 is 1.75 bits per heavy atom. The number of hydrogen-bond donors (Lipinski definition) is 0. The maximum Gasteiger partial charge on any atom is 0.239 e. The van der Waals surface area contributed by atoms with Gasteiger partial charge in [0, 0.05) is 5.56 Å². The van der Waals surface area contributed by atoms with Crippen LogP contribution >= 0.6 is 11.8 Å². The minimum Gasteiger partial charge on any atom is -0.279 e. The van der Waals surface area contributed by atoms with Crippen LogP contribution in [0.25, 0.3) is 16.5 Å². The fourth-order valence-corrected chi connectivity index (χ4v) is 5.60. The van der Waals surface area contributed by atoms with Crippen molar-refractivity contribution in [3.8, 4) is 0 Å². The van der Waals surface area contributed by atoms with Crippen LogP contribution in [-0.4, -0.2) is 21.7 Å². The molecule has 0 spiro atoms. The largest absolute Gasteiger partial charge is 0.279 e. The minimum atomic E-state index is -0.0653. The van der Waals surface area contributed by atoms with Crippen molar-refractivity contribution in [1.29, 1.82) is 0 Å². The van der Waals surface area contributed by atoms with E-state index in [-0.39, 0.29) is 11.9 Å². The molecule has 1 saturated heterocycles. The lowest BCUT2D eigenvalue weighted by Gasteiger charge is -2.37. The molecular weight excluding hydrogens is 364 g/mol. The molecule has 3 aliphatic rings. The third-order valence-corrected chi connectivity index (χ3v) is 6.89. The van der Waals surface area contributed by atoms with Crippen molar-refractivity contribution in [1.82, 2.24) is 4.90 Å². The number of thioether (sulfide) groups is 1. The van der Waals surface area contributed by atoms with Crippen molar-refractivity contribution >= 4 is 39.3 Å². The maximum atomic E-state index is 12.9. The lowest BCUT2D eigenvalue weighted by Crippen LogP contribution is -2.38. The van der Waals surface area contributed by atoms with Crippen molar-refractivity contribution in [2.45, 2.75) is 18.9 Å². The van der Waals surface area contributed by atoms with E-state index >= 15 is 0 Å². The van der Waals surface area contributed by atoms with Crippen molar-refractivity contribution in [3.63, 3.8) is 0 Å². The molecular formula is C24H18N2OS. The predicted molar refractivity (Wildman–Crippen MR) is 115 cm³/mol. The van der Waals surface area contributed by atoms with Crippen LogP contribution in [0, 0.1) is 0 Å². The molecule has 1 atom stereocenters. The van der Waals surface area contributed by atoms with Crippen LogP contribution in [-0.2, 0) is 11.2 Å². The first kappa shape index (κ1) is 16.1. The zero-order valence-electron chi connectivity index (χ0n) is 15.3. The Morgan fingerprint density at radius 1 is 0.929 bits per heavy atom. The van der Waals surface area contributed by atoms with Gasteiger partial charge < -0.3 is 0 Å². The highest BCUT2D eigenvalue weighted by Gasteiger charge is 2.42. The highest BCUT2D eigenvalue weighted by Crippen LogP contribution is 2.48. The van der Waals surface area contributed by atoms with Crippen LogP contribution in [0.3, 0.4) is 0 Å². The Labute approximate surface area is 167 Å². The second kappa shape index (κ2) is 6.08. The molecule has 3 nitrogen and oxygen atoms in total. The third kappa shape index (κ3) is 2.24. The van der Waals surface area contributed by atoms with Crippen molar-refractivity contribution < 1.29 is 4.79 Å². The van der Waals surface area contributed by atoms with Crippen LogP contribution < -0.4 is 0 Å². The summed E-state index contributed by atoms with van der Waals surface area (Å²) in [5, 5.41) is 3.27. The predicted octanol–water partition coefficient (Wildman–Crippen LogP) is 5.18. The zero-order chi connectivity index (χ0) is 18.7. The van der Waals surface area contributed by atoms with Gasteiger partial charge in [-0.2, -0.15) is 0 Å². The molecule has 1 amide bonds. The van der Waals surface area contributed by atoms with Gasteiger partial charge in [-0.1, -0.05) is 78.5 Å². The van der Waals surface area contributed by atoms with Gasteiger partial charge in [0.2, 0.25) is 5.91 Å². The van der Waals surface area contributed by atoms with E-state index in [2.05, 4.69) is 66.7 Å². The number of amidine groups is 1. The van der Waals surface area contributed by atoms with Crippen LogP contribution in [0.15, 0.2) is 77.3 Å². The number of carbonyl (C=O) groups excluding carboxylic acids is 1. The summed E-state index contributed by atoms with van der Waals surface area (Å²) in [6, 6.07) is 23.4. The number of benzene rings is 3. The first-order valence-corrected chi connectivity index (χ1v) is 10.6. The van der Waals surface area contributed by atoms with Gasteiger partial charge >= 0.3 is 0 Å². The molecule has 6 rings (SSSR count). The highest BCUT2D eigenvalue weighted by atomic mass is 32.2. The molecule has 1 fully saturated rings. The minimum absolute atomic E-state index is 0.0653. The summed E-state index contributed by atoms with van der Waals surface area (Å²) in [5.74, 6) is 0.634. The first-order chi connectivity index (χ1) is 13.8. The van der Waals surface area contributed by atoms with Crippen LogP contribution in [0.2, 0.25) is 0 Å². The lowest BCUT2D eigenvalue weighted by atomic mass is 9.81. The molecule has 0 radical (unpaired) electrons. The van der Waals surface area contributed by atoms with Gasteiger partial charge in [0.25, 0.3) is 0 Å². The van der Waals surface area contributed by atoms with Crippen LogP contribution in [0.4, 0.5) is 0 Å². The van der Waals surface area contributed by atoms with Gasteiger partial charge in [0.15, 0.2) is 5.17 Å². The van der Waals surface area contributed by atoms with Gasteiger partial charge in [-0.15, -0.1) is 0 Å². The highest BCUT2D eigenvalue weighted by molar-refractivity contribution is 8.15. The molecule has 0 saturated carbocycles. The number of fused-ring (bicyclic) bond motifs is 4. The number of rotatable bonds is 1. The van der Waals surface area contributed by atoms with E-state index in [0.717, 1.165) is 23.7 Å². The second-order valence-electron chi connectivity index (χ2n) is 7.45. The van der Waals surface area contributed by atoms with Gasteiger partial charge in [0.05, 0.1) is 17.5 Å². The number of nitrogens with zero attached hydrogens (tertiary/aromatic N) is 2. The summed E-state index contributed by atoms with van der Waals surface area (Å²) >= 11 is 1.56. The Balaban J connectivity index is 1.64. The van der Waals surface area contributed by atoms with E-state index in [4.69, 9.17) is 4.99 Å². The van der Waals surface area contributed by atoms with Crippen LogP contribution in [0.1, 0.15) is 29.2 Å². The SMILES string of the molecule is O=C1CSC2=NC3=C(CCc4ccccc43)[C@@H](c3cccc4ccccc34)N12. The van der Waals surface area contributed by atoms with Gasteiger partial charge in [-0.25, -0.2) is 4.99 Å². The summed E-state index contributed by atoms with van der Waals surface area (Å²) in [6.07, 6.45) is 1.93. The first-order valence-electron chi connectivity index (χ1n) is 9.64. The Kier molecular flexibility index (Phi) is 3.50. The molecule has 2 aliphatic heterocycles. The molecule has 1 aliphatic carbocycles. The number of hydrogen-bond acceptors (Lipinski definition) is 3. The zero-order valence-corrected chi connectivity index (χ0v) is 16.1. The molecule has 0 unspecified atom stereocenters. The molecule has 0 bridgehead atoms. The summed E-state index contributed by atoms with van der Waals surface area (Å²) in [4.78, 5) is 19.8. The molecule has 28 heavy (non-hydrogen) atoms. The summed E-state index contributed by atoms with van der Waals surface area (Å²) in [5.41, 5.74) is 6.13. The lowest BCUT2D eigenvalue weighted by molar-refractivity contribution is -0.125. The van der Waals surface area contributed by atoms with E-state index in [9.17, 15) is 4.79 Å². The third-order valence-electron chi connectivity index (χ3n) is 5.95. The van der Waals surface area contributed by atoms with E-state index in [1.54, 1.807) is 11.8 Å². The fourth-order valence-electron chi connectivity index (χ4n) is 4.71. The van der Waals surface area contributed by atoms with Gasteiger partial charge in [-0.3, -0.25) is 9.69 Å². The van der Waals surface area contributed by atoms with E-state index in [1.807, 2.05) is 4.90 Å². The van der Waals surface area contributed by atoms with Gasteiger partial charge in [0.1, 0.15) is 0 Å². The monoisotopic (exact) mass is 382 g/mol. The molecule has 0 N–H and O–H groups in total. The molecule has 136 valence electrons. The summed E-state index contributed by atoms with van der Waals surface area (Å²) < 4.78 is 0. The number of amides is 1. The standard InChI is InChI=1S/C24H18N2OS/c27-21-14-28-24-25-22-18-10-4-2-7-16(18)12-13-20(22)23(26(21)24)19-11-5-8-15-6-1-3-9-17(15)19/h1-11,23H,12-14H2/t23-/m1/s1. The normalized spacial score (nSPS) is 20.7. The quantitative estimate of drug-likeness (QED) is 0.581. The Morgan fingerprint density at radius 3 is 2.71 bits per heavy atom. The molecule has 3 aromatic rings. The van der Waals surface area contributed by atoms with E-state index in [1.165, 1.54) is 33.0 Å². The number of carbonyl (C=O) groups is 1. The summed E-state index contributed by atoms with van der Waals surface area (Å²) in [6.45, 7) is 0. The second-order valence-corrected chi connectivity index (χ2v) is 8.39. The fraction of sp³-hybridized carbons (Fsp3) is 0.167. The number of aryl methyl sites for hydroxylation is 1. The van der Waals surface area contributed by atoms with Crippen molar-refractivity contribution in [2.24, 2.45) is 4.99 Å². The van der Waals surface area contributed by atoms with Crippen molar-refractivity contribution in [2.75, 3.05) is 5.75 Å². The average Bonchev–Trinajstić information content (AvgIpc) is 3.12. The Hall–Kier alpha value is -2.85. The average molecular weight is 382 g/mol. The molecule has 2 heterocycles. The van der Waals surface area contributed by atoms with Crippen molar-refractivity contribution in [3.05, 3.63) is 89.0 Å². The van der Waals surface area contributed by atoms with E-state index < -0.39 is 0 Å².